The van der Waals surface area contributed by atoms with Crippen LogP contribution in [0.1, 0.15) is 0 Å². The Morgan fingerprint density at radius 3 is 2.77 bits per heavy atom. The van der Waals surface area contributed by atoms with E-state index in [1.807, 2.05) is 0 Å². The number of hydrogen-bond acceptors (Lipinski definition) is 2. The average molecular weight is 219 g/mol. The van der Waals surface area contributed by atoms with E-state index in [9.17, 15) is 4.39 Å². The minimum Gasteiger partial charge on any atom is -0.236 e. The van der Waals surface area contributed by atoms with E-state index in [0.717, 1.165) is 0 Å². The molecule has 68 valence electrons. The van der Waals surface area contributed by atoms with Gasteiger partial charge in [-0.1, -0.05) is 11.6 Å². The fourth-order valence-electron chi connectivity index (χ4n) is 0.997. The van der Waals surface area contributed by atoms with Gasteiger partial charge in [0, 0.05) is 11.5 Å². The molecule has 0 aliphatic carbocycles. The predicted octanol–water partition coefficient (Wildman–Crippen LogP) is 2.84. The fourth-order valence-corrected chi connectivity index (χ4v) is 1.20. The summed E-state index contributed by atoms with van der Waals surface area (Å²) < 4.78 is 12.7. The maximum Gasteiger partial charge on any atom is 0.140 e. The summed E-state index contributed by atoms with van der Waals surface area (Å²) in [5.41, 5.74) is 0.523. The lowest BCUT2D eigenvalue weighted by Gasteiger charge is -1.96. The Balaban J connectivity index is 0.000000845. The van der Waals surface area contributed by atoms with Crippen molar-refractivity contribution in [2.24, 2.45) is 0 Å². The second kappa shape index (κ2) is 3.85. The van der Waals surface area contributed by atoms with E-state index >= 15 is 0 Å². The molecule has 5 heteroatoms. The second-order valence-electron chi connectivity index (χ2n) is 2.33. The van der Waals surface area contributed by atoms with Crippen molar-refractivity contribution < 1.29 is 4.39 Å². The van der Waals surface area contributed by atoms with Crippen molar-refractivity contribution in [2.75, 3.05) is 0 Å². The van der Waals surface area contributed by atoms with Gasteiger partial charge in [-0.05, 0) is 12.1 Å². The lowest BCUT2D eigenvalue weighted by molar-refractivity contribution is 0.629. The van der Waals surface area contributed by atoms with Crippen LogP contribution in [0.5, 0.6) is 0 Å². The Hall–Kier alpha value is -0.930. The first-order valence-electron chi connectivity index (χ1n) is 3.33. The van der Waals surface area contributed by atoms with Gasteiger partial charge < -0.3 is 0 Å². The number of nitrogens with zero attached hydrogens (tertiary/aromatic N) is 2. The Bertz CT molecular complexity index is 433. The van der Waals surface area contributed by atoms with E-state index in [-0.39, 0.29) is 18.2 Å². The van der Waals surface area contributed by atoms with Crippen molar-refractivity contribution in [1.82, 2.24) is 9.97 Å². The van der Waals surface area contributed by atoms with E-state index in [1.54, 1.807) is 6.07 Å². The largest absolute Gasteiger partial charge is 0.236 e. The maximum atomic E-state index is 12.7. The van der Waals surface area contributed by atoms with E-state index in [4.69, 9.17) is 11.6 Å². The summed E-state index contributed by atoms with van der Waals surface area (Å²) in [6, 6.07) is 4.22. The summed E-state index contributed by atoms with van der Waals surface area (Å²) in [6.45, 7) is 0. The quantitative estimate of drug-likeness (QED) is 0.636. The second-order valence-corrected chi connectivity index (χ2v) is 2.68. The minimum atomic E-state index is -0.322. The predicted molar refractivity (Wildman–Crippen MR) is 51.8 cm³/mol. The third kappa shape index (κ3) is 1.87. The fraction of sp³-hybridized carbons (Fsp3) is 0. The topological polar surface area (TPSA) is 25.8 Å². The van der Waals surface area contributed by atoms with Gasteiger partial charge in [-0.3, -0.25) is 0 Å². The zero-order chi connectivity index (χ0) is 8.55. The highest BCUT2D eigenvalue weighted by Gasteiger charge is 2.00. The zero-order valence-corrected chi connectivity index (χ0v) is 7.94. The van der Waals surface area contributed by atoms with Crippen molar-refractivity contribution in [3.63, 3.8) is 0 Å². The van der Waals surface area contributed by atoms with Crippen LogP contribution in [0.2, 0.25) is 5.15 Å². The van der Waals surface area contributed by atoms with Gasteiger partial charge in [0.15, 0.2) is 0 Å². The van der Waals surface area contributed by atoms with Crippen LogP contribution < -0.4 is 0 Å². The normalized spacial score (nSPS) is 9.69. The highest BCUT2D eigenvalue weighted by molar-refractivity contribution is 6.33. The molecule has 0 fully saturated rings. The van der Waals surface area contributed by atoms with Crippen LogP contribution in [0.25, 0.3) is 10.9 Å². The van der Waals surface area contributed by atoms with Gasteiger partial charge in [-0.2, -0.15) is 0 Å². The molecule has 0 atom stereocenters. The molecular weight excluding hydrogens is 214 g/mol. The smallest absolute Gasteiger partial charge is 0.140 e. The summed E-state index contributed by atoms with van der Waals surface area (Å²) >= 11 is 5.74. The molecule has 0 aliphatic heterocycles. The minimum absolute atomic E-state index is 0. The molecule has 2 rings (SSSR count). The van der Waals surface area contributed by atoms with Crippen LogP contribution in [0.3, 0.4) is 0 Å². The van der Waals surface area contributed by atoms with Crippen molar-refractivity contribution in [2.45, 2.75) is 0 Å². The molecule has 0 radical (unpaired) electrons. The third-order valence-electron chi connectivity index (χ3n) is 1.55. The molecule has 2 aromatic rings. The van der Waals surface area contributed by atoms with Crippen LogP contribution in [0, 0.1) is 5.82 Å². The van der Waals surface area contributed by atoms with Crippen molar-refractivity contribution in [3.05, 3.63) is 35.5 Å². The van der Waals surface area contributed by atoms with Crippen LogP contribution in [0.15, 0.2) is 24.5 Å². The first-order chi connectivity index (χ1) is 5.77. The molecule has 1 aromatic carbocycles. The molecule has 1 heterocycles. The molecule has 1 aromatic heterocycles. The van der Waals surface area contributed by atoms with Gasteiger partial charge >= 0.3 is 0 Å². The Kier molecular flexibility index (Phi) is 3.01. The highest BCUT2D eigenvalue weighted by atomic mass is 35.5. The summed E-state index contributed by atoms with van der Waals surface area (Å²) in [6.07, 6.45) is 1.31. The third-order valence-corrected chi connectivity index (χ3v) is 1.85. The first-order valence-corrected chi connectivity index (χ1v) is 3.71. The number of rotatable bonds is 0. The summed E-state index contributed by atoms with van der Waals surface area (Å²) in [4.78, 5) is 7.64. The molecule has 0 aliphatic rings. The van der Waals surface area contributed by atoms with Gasteiger partial charge in [0.2, 0.25) is 0 Å². The molecule has 13 heavy (non-hydrogen) atoms. The standard InChI is InChI=1S/C8H4ClFN2.ClH/c9-8-6-2-1-5(10)3-7(6)11-4-12-8;/h1-4H;1H. The van der Waals surface area contributed by atoms with E-state index in [1.165, 1.54) is 18.5 Å². The SMILES string of the molecule is Cl.Fc1ccc2c(Cl)ncnc2c1. The summed E-state index contributed by atoms with van der Waals surface area (Å²) in [5.74, 6) is -0.322. The van der Waals surface area contributed by atoms with Crippen molar-refractivity contribution >= 4 is 34.9 Å². The number of fused-ring (bicyclic) bond motifs is 1. The monoisotopic (exact) mass is 218 g/mol. The molecule has 0 unspecified atom stereocenters. The molecule has 2 nitrogen and oxygen atoms in total. The molecular formula is C8H5Cl2FN2. The van der Waals surface area contributed by atoms with E-state index in [2.05, 4.69) is 9.97 Å². The van der Waals surface area contributed by atoms with Gasteiger partial charge in [0.1, 0.15) is 17.3 Å². The average Bonchev–Trinajstić information content (AvgIpc) is 2.04. The van der Waals surface area contributed by atoms with Gasteiger partial charge in [-0.25, -0.2) is 14.4 Å². The molecule has 0 bridgehead atoms. The number of aromatic nitrogens is 2. The van der Waals surface area contributed by atoms with Crippen molar-refractivity contribution in [1.29, 1.82) is 0 Å². The van der Waals surface area contributed by atoms with Crippen LogP contribution in [0.4, 0.5) is 4.39 Å². The highest BCUT2D eigenvalue weighted by Crippen LogP contribution is 2.19. The van der Waals surface area contributed by atoms with E-state index < -0.39 is 0 Å². The number of halogens is 3. The first kappa shape index (κ1) is 10.2. The Morgan fingerprint density at radius 1 is 1.23 bits per heavy atom. The van der Waals surface area contributed by atoms with Crippen LogP contribution in [-0.2, 0) is 0 Å². The van der Waals surface area contributed by atoms with Crippen LogP contribution >= 0.6 is 24.0 Å². The zero-order valence-electron chi connectivity index (χ0n) is 6.37. The van der Waals surface area contributed by atoms with Gasteiger partial charge in [0.05, 0.1) is 5.52 Å². The number of benzene rings is 1. The number of hydrogen-bond donors (Lipinski definition) is 0. The molecule has 0 saturated carbocycles. The lowest BCUT2D eigenvalue weighted by atomic mass is 10.2. The van der Waals surface area contributed by atoms with Gasteiger partial charge in [0.25, 0.3) is 0 Å². The lowest BCUT2D eigenvalue weighted by Crippen LogP contribution is -1.84. The maximum absolute atomic E-state index is 12.7. The van der Waals surface area contributed by atoms with Crippen LogP contribution in [-0.4, -0.2) is 9.97 Å². The Labute approximate surface area is 85.2 Å². The molecule has 0 amide bonds. The molecule has 0 spiro atoms. The Morgan fingerprint density at radius 2 is 2.00 bits per heavy atom. The van der Waals surface area contributed by atoms with E-state index in [0.29, 0.717) is 16.1 Å². The molecule has 0 saturated heterocycles. The summed E-state index contributed by atoms with van der Waals surface area (Å²) in [5, 5.41) is 1.01. The molecule has 0 N–H and O–H groups in total. The summed E-state index contributed by atoms with van der Waals surface area (Å²) in [7, 11) is 0. The van der Waals surface area contributed by atoms with Gasteiger partial charge in [-0.15, -0.1) is 12.4 Å². The van der Waals surface area contributed by atoms with Crippen molar-refractivity contribution in [3.8, 4) is 0 Å².